The molecule has 0 bridgehead atoms. The van der Waals surface area contributed by atoms with E-state index in [1.807, 2.05) is 54.6 Å². The number of pyridine rings is 1. The molecule has 100 valence electrons. The molecule has 0 amide bonds. The van der Waals surface area contributed by atoms with E-state index in [9.17, 15) is 4.79 Å². The Labute approximate surface area is 117 Å². The Morgan fingerprint density at radius 1 is 1.00 bits per heavy atom. The zero-order valence-electron chi connectivity index (χ0n) is 11.2. The summed E-state index contributed by atoms with van der Waals surface area (Å²) in [5, 5.41) is 1.000. The molecule has 0 saturated carbocycles. The maximum absolute atomic E-state index is 12.1. The molecule has 3 heteroatoms. The van der Waals surface area contributed by atoms with E-state index in [4.69, 9.17) is 4.74 Å². The lowest BCUT2D eigenvalue weighted by molar-refractivity contribution is 0.415. The molecule has 3 aromatic rings. The van der Waals surface area contributed by atoms with Gasteiger partial charge in [0.1, 0.15) is 5.75 Å². The van der Waals surface area contributed by atoms with Crippen molar-refractivity contribution < 1.29 is 4.74 Å². The van der Waals surface area contributed by atoms with Crippen LogP contribution in [-0.4, -0.2) is 11.7 Å². The first-order valence-electron chi connectivity index (χ1n) is 6.49. The fourth-order valence-corrected chi connectivity index (χ4v) is 2.34. The molecule has 1 aromatic heterocycles. The van der Waals surface area contributed by atoms with E-state index in [-0.39, 0.29) is 5.56 Å². The summed E-state index contributed by atoms with van der Waals surface area (Å²) < 4.78 is 7.01. The molecule has 0 aliphatic carbocycles. The van der Waals surface area contributed by atoms with E-state index >= 15 is 0 Å². The van der Waals surface area contributed by atoms with E-state index in [2.05, 4.69) is 0 Å². The van der Waals surface area contributed by atoms with Crippen molar-refractivity contribution in [1.29, 1.82) is 0 Å². The van der Waals surface area contributed by atoms with Gasteiger partial charge < -0.3 is 9.30 Å². The number of rotatable bonds is 3. The van der Waals surface area contributed by atoms with Crippen molar-refractivity contribution in [3.63, 3.8) is 0 Å². The largest absolute Gasteiger partial charge is 0.497 e. The minimum Gasteiger partial charge on any atom is -0.497 e. The second-order valence-corrected chi connectivity index (χ2v) is 4.67. The highest BCUT2D eigenvalue weighted by Crippen LogP contribution is 2.19. The third kappa shape index (κ3) is 2.30. The lowest BCUT2D eigenvalue weighted by atomic mass is 10.1. The molecule has 0 aliphatic rings. The molecule has 20 heavy (non-hydrogen) atoms. The third-order valence-corrected chi connectivity index (χ3v) is 3.38. The molecular weight excluding hydrogens is 250 g/mol. The molecule has 3 rings (SSSR count). The van der Waals surface area contributed by atoms with E-state index in [1.54, 1.807) is 17.7 Å². The van der Waals surface area contributed by atoms with Crippen molar-refractivity contribution in [3.8, 4) is 5.75 Å². The van der Waals surface area contributed by atoms with Crippen molar-refractivity contribution in [2.75, 3.05) is 7.11 Å². The average Bonchev–Trinajstić information content (AvgIpc) is 2.50. The van der Waals surface area contributed by atoms with Crippen molar-refractivity contribution in [1.82, 2.24) is 4.57 Å². The van der Waals surface area contributed by atoms with Crippen molar-refractivity contribution in [2.45, 2.75) is 6.54 Å². The number of hydrogen-bond acceptors (Lipinski definition) is 2. The molecule has 2 aromatic carbocycles. The second-order valence-electron chi connectivity index (χ2n) is 4.67. The summed E-state index contributed by atoms with van der Waals surface area (Å²) in [7, 11) is 1.64. The summed E-state index contributed by atoms with van der Waals surface area (Å²) >= 11 is 0. The lowest BCUT2D eigenvalue weighted by Gasteiger charge is -2.11. The van der Waals surface area contributed by atoms with Crippen molar-refractivity contribution in [3.05, 3.63) is 76.6 Å². The van der Waals surface area contributed by atoms with Crippen molar-refractivity contribution in [2.24, 2.45) is 0 Å². The maximum Gasteiger partial charge on any atom is 0.251 e. The van der Waals surface area contributed by atoms with Crippen LogP contribution in [0.1, 0.15) is 5.56 Å². The molecule has 0 N–H and O–H groups in total. The lowest BCUT2D eigenvalue weighted by Crippen LogP contribution is -2.19. The summed E-state index contributed by atoms with van der Waals surface area (Å²) in [6.07, 6.45) is 0. The first kappa shape index (κ1) is 12.5. The fourth-order valence-electron chi connectivity index (χ4n) is 2.34. The van der Waals surface area contributed by atoms with Gasteiger partial charge in [0.25, 0.3) is 5.56 Å². The van der Waals surface area contributed by atoms with Gasteiger partial charge in [0.15, 0.2) is 0 Å². The van der Waals surface area contributed by atoms with Crippen LogP contribution in [0.4, 0.5) is 0 Å². The minimum atomic E-state index is 0.00604. The fraction of sp³-hybridized carbons (Fsp3) is 0.118. The van der Waals surface area contributed by atoms with Crippen LogP contribution in [0.25, 0.3) is 10.9 Å². The monoisotopic (exact) mass is 265 g/mol. The topological polar surface area (TPSA) is 31.2 Å². The van der Waals surface area contributed by atoms with Crippen LogP contribution in [0, 0.1) is 0 Å². The van der Waals surface area contributed by atoms with Gasteiger partial charge in [0.05, 0.1) is 19.2 Å². The quantitative estimate of drug-likeness (QED) is 0.728. The van der Waals surface area contributed by atoms with Crippen LogP contribution >= 0.6 is 0 Å². The molecule has 0 fully saturated rings. The van der Waals surface area contributed by atoms with Crippen LogP contribution in [0.3, 0.4) is 0 Å². The Morgan fingerprint density at radius 3 is 2.55 bits per heavy atom. The number of ether oxygens (including phenoxy) is 1. The van der Waals surface area contributed by atoms with Gasteiger partial charge >= 0.3 is 0 Å². The van der Waals surface area contributed by atoms with E-state index in [0.717, 1.165) is 22.2 Å². The highest BCUT2D eigenvalue weighted by molar-refractivity contribution is 5.80. The zero-order valence-corrected chi connectivity index (χ0v) is 11.2. The zero-order chi connectivity index (χ0) is 13.9. The highest BCUT2D eigenvalue weighted by atomic mass is 16.5. The molecule has 0 unspecified atom stereocenters. The van der Waals surface area contributed by atoms with Gasteiger partial charge in [-0.2, -0.15) is 0 Å². The van der Waals surface area contributed by atoms with Crippen LogP contribution in [-0.2, 0) is 6.54 Å². The van der Waals surface area contributed by atoms with E-state index in [1.165, 1.54) is 0 Å². The molecule has 0 atom stereocenters. The molecule has 1 heterocycles. The third-order valence-electron chi connectivity index (χ3n) is 3.38. The smallest absolute Gasteiger partial charge is 0.251 e. The van der Waals surface area contributed by atoms with Gasteiger partial charge in [0, 0.05) is 11.5 Å². The number of methoxy groups -OCH3 is 1. The molecule has 0 radical (unpaired) electrons. The van der Waals surface area contributed by atoms with Gasteiger partial charge in [-0.15, -0.1) is 0 Å². The van der Waals surface area contributed by atoms with Crippen LogP contribution < -0.4 is 10.3 Å². The van der Waals surface area contributed by atoms with Gasteiger partial charge in [-0.3, -0.25) is 4.79 Å². The number of fused-ring (bicyclic) bond motifs is 1. The molecule has 3 nitrogen and oxygen atoms in total. The molecule has 0 aliphatic heterocycles. The highest BCUT2D eigenvalue weighted by Gasteiger charge is 2.05. The number of benzene rings is 2. The SMILES string of the molecule is COc1ccc2c(ccc(=O)n2Cc2ccccc2)c1. The summed E-state index contributed by atoms with van der Waals surface area (Å²) in [4.78, 5) is 12.1. The maximum atomic E-state index is 12.1. The van der Waals surface area contributed by atoms with Gasteiger partial charge in [0.2, 0.25) is 0 Å². The van der Waals surface area contributed by atoms with Crippen molar-refractivity contribution >= 4 is 10.9 Å². The van der Waals surface area contributed by atoms with Gasteiger partial charge in [-0.1, -0.05) is 30.3 Å². The number of hydrogen-bond donors (Lipinski definition) is 0. The van der Waals surface area contributed by atoms with Gasteiger partial charge in [-0.05, 0) is 29.8 Å². The number of nitrogens with zero attached hydrogens (tertiary/aromatic N) is 1. The Kier molecular flexibility index (Phi) is 3.25. The van der Waals surface area contributed by atoms with Crippen LogP contribution in [0.5, 0.6) is 5.75 Å². The Bertz CT molecular complexity index is 791. The van der Waals surface area contributed by atoms with Crippen LogP contribution in [0.15, 0.2) is 65.5 Å². The molecule has 0 spiro atoms. The van der Waals surface area contributed by atoms with Crippen LogP contribution in [0.2, 0.25) is 0 Å². The molecule has 0 saturated heterocycles. The average molecular weight is 265 g/mol. The summed E-state index contributed by atoms with van der Waals surface area (Å²) in [6.45, 7) is 0.573. The Hall–Kier alpha value is -2.55. The van der Waals surface area contributed by atoms with Gasteiger partial charge in [-0.25, -0.2) is 0 Å². The summed E-state index contributed by atoms with van der Waals surface area (Å²) in [5.41, 5.74) is 2.03. The molecular formula is C17H15NO2. The van der Waals surface area contributed by atoms with E-state index < -0.39 is 0 Å². The normalized spacial score (nSPS) is 10.7. The number of aromatic nitrogens is 1. The summed E-state index contributed by atoms with van der Waals surface area (Å²) in [6, 6.07) is 19.2. The summed E-state index contributed by atoms with van der Waals surface area (Å²) in [5.74, 6) is 0.794. The predicted molar refractivity (Wildman–Crippen MR) is 80.3 cm³/mol. The first-order valence-corrected chi connectivity index (χ1v) is 6.49. The second kappa shape index (κ2) is 5.21. The Morgan fingerprint density at radius 2 is 1.80 bits per heavy atom. The first-order chi connectivity index (χ1) is 9.78. The predicted octanol–water partition coefficient (Wildman–Crippen LogP) is 3.06. The van der Waals surface area contributed by atoms with E-state index in [0.29, 0.717) is 6.54 Å². The standard InChI is InChI=1S/C17H15NO2/c1-20-15-8-9-16-14(11-15)7-10-17(19)18(16)12-13-5-3-2-4-6-13/h2-11H,12H2,1H3. The Balaban J connectivity index is 2.14. The minimum absolute atomic E-state index is 0.00604.